The van der Waals surface area contributed by atoms with Crippen molar-refractivity contribution in [1.82, 2.24) is 9.88 Å². The molecule has 0 aliphatic heterocycles. The summed E-state index contributed by atoms with van der Waals surface area (Å²) in [6, 6.07) is 0.488. The highest BCUT2D eigenvalue weighted by molar-refractivity contribution is 5.99. The summed E-state index contributed by atoms with van der Waals surface area (Å²) in [5.74, 6) is -1.71. The van der Waals surface area contributed by atoms with Gasteiger partial charge in [-0.05, 0) is 19.9 Å². The third-order valence-electron chi connectivity index (χ3n) is 2.58. The third kappa shape index (κ3) is 2.72. The van der Waals surface area contributed by atoms with E-state index >= 15 is 0 Å². The summed E-state index contributed by atoms with van der Waals surface area (Å²) in [6.07, 6.45) is 1.43. The minimum Gasteiger partial charge on any atom is -0.480 e. The number of carboxylic acids is 1. The van der Waals surface area contributed by atoms with Crippen LogP contribution in [0.25, 0.3) is 0 Å². The van der Waals surface area contributed by atoms with Gasteiger partial charge in [0.05, 0.1) is 0 Å². The highest BCUT2D eigenvalue weighted by Crippen LogP contribution is 2.09. The maximum Gasteiger partial charge on any atom is 0.326 e. The summed E-state index contributed by atoms with van der Waals surface area (Å²) in [4.78, 5) is 37.4. The number of nitrogens with zero attached hydrogens (tertiary/aromatic N) is 1. The Kier molecular flexibility index (Phi) is 3.67. The molecule has 2 N–H and O–H groups in total. The number of nitrogens with one attached hydrogen (secondary N) is 1. The van der Waals surface area contributed by atoms with E-state index in [1.165, 1.54) is 33.2 Å². The first-order chi connectivity index (χ1) is 7.84. The molecule has 0 aromatic carbocycles. The highest BCUT2D eigenvalue weighted by Gasteiger charge is 2.23. The van der Waals surface area contributed by atoms with E-state index in [1.54, 1.807) is 0 Å². The number of aromatic nitrogens is 1. The Morgan fingerprint density at radius 1 is 1.41 bits per heavy atom. The number of carbonyl (C=O) groups excluding carboxylic acids is 2. The number of hydrogen-bond donors (Lipinski definition) is 2. The minimum absolute atomic E-state index is 0.158. The van der Waals surface area contributed by atoms with Crippen molar-refractivity contribution in [2.75, 3.05) is 7.05 Å². The van der Waals surface area contributed by atoms with Crippen molar-refractivity contribution < 1.29 is 19.5 Å². The fourth-order valence-corrected chi connectivity index (χ4v) is 1.25. The summed E-state index contributed by atoms with van der Waals surface area (Å²) in [5.41, 5.74) is 0.593. The number of carboxylic acid groups (broad SMARTS) is 1. The number of rotatable bonds is 4. The predicted octanol–water partition coefficient (Wildman–Crippen LogP) is 0.762. The van der Waals surface area contributed by atoms with Gasteiger partial charge in [-0.15, -0.1) is 0 Å². The van der Waals surface area contributed by atoms with Gasteiger partial charge in [0.1, 0.15) is 11.7 Å². The number of amides is 1. The molecule has 0 spiro atoms. The molecule has 0 saturated heterocycles. The molecule has 0 bridgehead atoms. The summed E-state index contributed by atoms with van der Waals surface area (Å²) >= 11 is 0. The average molecular weight is 238 g/mol. The van der Waals surface area contributed by atoms with Crippen molar-refractivity contribution in [2.24, 2.45) is 0 Å². The average Bonchev–Trinajstić information content (AvgIpc) is 2.75. The number of aliphatic carboxylic acids is 1. The molecule has 0 aliphatic rings. The summed E-state index contributed by atoms with van der Waals surface area (Å²) in [5, 5.41) is 8.78. The van der Waals surface area contributed by atoms with Gasteiger partial charge in [-0.2, -0.15) is 0 Å². The van der Waals surface area contributed by atoms with E-state index in [2.05, 4.69) is 4.98 Å². The van der Waals surface area contributed by atoms with E-state index < -0.39 is 17.9 Å². The van der Waals surface area contributed by atoms with Gasteiger partial charge in [0.15, 0.2) is 5.78 Å². The van der Waals surface area contributed by atoms with Crippen molar-refractivity contribution in [3.63, 3.8) is 0 Å². The van der Waals surface area contributed by atoms with Crippen LogP contribution in [0.2, 0.25) is 0 Å². The molecule has 1 aromatic heterocycles. The van der Waals surface area contributed by atoms with Gasteiger partial charge in [0, 0.05) is 18.8 Å². The highest BCUT2D eigenvalue weighted by atomic mass is 16.4. The van der Waals surface area contributed by atoms with Crippen LogP contribution in [-0.4, -0.2) is 45.7 Å². The number of aromatic amines is 1. The summed E-state index contributed by atoms with van der Waals surface area (Å²) in [6.45, 7) is 2.80. The van der Waals surface area contributed by atoms with Crippen LogP contribution in [-0.2, 0) is 4.79 Å². The second-order valence-corrected chi connectivity index (χ2v) is 3.79. The lowest BCUT2D eigenvalue weighted by molar-refractivity contribution is -0.141. The number of carbonyl (C=O) groups is 3. The SMILES string of the molecule is CC(=O)c1c[nH]c(C(=O)N(C)C(C)C(=O)O)c1. The quantitative estimate of drug-likeness (QED) is 0.758. The first kappa shape index (κ1) is 13.0. The van der Waals surface area contributed by atoms with Crippen molar-refractivity contribution in [1.29, 1.82) is 0 Å². The van der Waals surface area contributed by atoms with Crippen molar-refractivity contribution in [2.45, 2.75) is 19.9 Å². The van der Waals surface area contributed by atoms with Crippen LogP contribution in [0.15, 0.2) is 12.3 Å². The van der Waals surface area contributed by atoms with E-state index in [9.17, 15) is 14.4 Å². The van der Waals surface area contributed by atoms with E-state index in [4.69, 9.17) is 5.11 Å². The van der Waals surface area contributed by atoms with Gasteiger partial charge in [0.2, 0.25) is 0 Å². The molecule has 1 rings (SSSR count). The van der Waals surface area contributed by atoms with E-state index in [-0.39, 0.29) is 11.5 Å². The maximum atomic E-state index is 11.8. The zero-order valence-electron chi connectivity index (χ0n) is 9.85. The van der Waals surface area contributed by atoms with E-state index in [1.807, 2.05) is 0 Å². The van der Waals surface area contributed by atoms with Crippen molar-refractivity contribution >= 4 is 17.7 Å². The first-order valence-corrected chi connectivity index (χ1v) is 5.04. The lowest BCUT2D eigenvalue weighted by atomic mass is 10.2. The molecule has 1 heterocycles. The molecule has 1 atom stereocenters. The Bertz CT molecular complexity index is 464. The smallest absolute Gasteiger partial charge is 0.326 e. The number of likely N-dealkylation sites (N-methyl/N-ethyl adjacent to an activating group) is 1. The molecule has 1 amide bonds. The molecule has 92 valence electrons. The lowest BCUT2D eigenvalue weighted by Gasteiger charge is -2.20. The predicted molar refractivity (Wildman–Crippen MR) is 60.0 cm³/mol. The zero-order chi connectivity index (χ0) is 13.2. The molecular formula is C11H14N2O4. The third-order valence-corrected chi connectivity index (χ3v) is 2.58. The van der Waals surface area contributed by atoms with Crippen LogP contribution < -0.4 is 0 Å². The summed E-state index contributed by atoms with van der Waals surface area (Å²) in [7, 11) is 1.40. The number of ketones is 1. The summed E-state index contributed by atoms with van der Waals surface area (Å²) < 4.78 is 0. The van der Waals surface area contributed by atoms with Gasteiger partial charge in [-0.25, -0.2) is 4.79 Å². The maximum absolute atomic E-state index is 11.8. The van der Waals surface area contributed by atoms with Gasteiger partial charge in [-0.1, -0.05) is 0 Å². The largest absolute Gasteiger partial charge is 0.480 e. The molecule has 6 nitrogen and oxygen atoms in total. The molecule has 0 aliphatic carbocycles. The lowest BCUT2D eigenvalue weighted by Crippen LogP contribution is -2.40. The van der Waals surface area contributed by atoms with Crippen LogP contribution in [0.3, 0.4) is 0 Å². The van der Waals surface area contributed by atoms with Crippen LogP contribution >= 0.6 is 0 Å². The van der Waals surface area contributed by atoms with Gasteiger partial charge >= 0.3 is 5.97 Å². The normalized spacial score (nSPS) is 11.9. The molecule has 1 aromatic rings. The number of Topliss-reactive ketones (excluding diaryl/α,β-unsaturated/α-hetero) is 1. The Balaban J connectivity index is 2.89. The minimum atomic E-state index is -1.08. The number of H-pyrrole nitrogens is 1. The zero-order valence-corrected chi connectivity index (χ0v) is 9.85. The van der Waals surface area contributed by atoms with E-state index in [0.717, 1.165) is 4.90 Å². The first-order valence-electron chi connectivity index (χ1n) is 5.04. The van der Waals surface area contributed by atoms with Crippen molar-refractivity contribution in [3.05, 3.63) is 23.5 Å². The monoisotopic (exact) mass is 238 g/mol. The fourth-order valence-electron chi connectivity index (χ4n) is 1.25. The van der Waals surface area contributed by atoms with E-state index in [0.29, 0.717) is 5.56 Å². The Hall–Kier alpha value is -2.11. The Labute approximate surface area is 98.2 Å². The molecule has 1 unspecified atom stereocenters. The molecular weight excluding hydrogens is 224 g/mol. The van der Waals surface area contributed by atoms with Crippen LogP contribution in [0.1, 0.15) is 34.7 Å². The molecule has 0 saturated carbocycles. The number of hydrogen-bond acceptors (Lipinski definition) is 3. The second kappa shape index (κ2) is 4.82. The van der Waals surface area contributed by atoms with Crippen LogP contribution in [0, 0.1) is 0 Å². The van der Waals surface area contributed by atoms with Crippen molar-refractivity contribution in [3.8, 4) is 0 Å². The van der Waals surface area contributed by atoms with Gasteiger partial charge in [0.25, 0.3) is 5.91 Å². The van der Waals surface area contributed by atoms with Gasteiger partial charge in [-0.3, -0.25) is 9.59 Å². The molecule has 0 fully saturated rings. The Morgan fingerprint density at radius 2 is 2.00 bits per heavy atom. The molecule has 6 heteroatoms. The van der Waals surface area contributed by atoms with Crippen LogP contribution in [0.4, 0.5) is 0 Å². The topological polar surface area (TPSA) is 90.5 Å². The fraction of sp³-hybridized carbons (Fsp3) is 0.364. The Morgan fingerprint density at radius 3 is 2.41 bits per heavy atom. The second-order valence-electron chi connectivity index (χ2n) is 3.79. The molecule has 0 radical (unpaired) electrons. The standard InChI is InChI=1S/C11H14N2O4/c1-6(11(16)17)13(3)10(15)9-4-8(5-12-9)7(2)14/h4-6,12H,1-3H3,(H,16,17). The molecule has 17 heavy (non-hydrogen) atoms. The van der Waals surface area contributed by atoms with Crippen LogP contribution in [0.5, 0.6) is 0 Å². The van der Waals surface area contributed by atoms with Gasteiger partial charge < -0.3 is 15.0 Å².